The molecule has 52 nitrogen and oxygen atoms in total. The number of nitrogens with zero attached hydrogens (tertiary/aromatic N) is 4. The predicted molar refractivity (Wildman–Crippen MR) is 326 cm³/mol. The number of aromatic amines is 3. The zero-order valence-corrected chi connectivity index (χ0v) is 60.4. The van der Waals surface area contributed by atoms with Crippen LogP contribution < -0.4 is 50.9 Å². The second-order valence-corrected chi connectivity index (χ2v) is 33.8. The van der Waals surface area contributed by atoms with Gasteiger partial charge in [0.15, 0.2) is 35.3 Å². The zero-order valence-electron chi connectivity index (χ0n) is 50.1. The average Bonchev–Trinajstić information content (AvgIpc) is 1.61. The summed E-state index contributed by atoms with van der Waals surface area (Å²) in [6.45, 7) is 5.71. The quantitative estimate of drug-likeness (QED) is 0.0296. The van der Waals surface area contributed by atoms with Gasteiger partial charge in [0.25, 0.3) is 16.7 Å². The molecule has 21 atom stereocenters. The number of H-pyrrole nitrogens is 3. The van der Waals surface area contributed by atoms with Gasteiger partial charge < -0.3 is 105 Å². The summed E-state index contributed by atoms with van der Waals surface area (Å²) < 4.78 is 157. The molecule has 101 heavy (non-hydrogen) atoms. The summed E-state index contributed by atoms with van der Waals surface area (Å²) in [5.74, 6) is 6.70. The van der Waals surface area contributed by atoms with Crippen molar-refractivity contribution in [2.24, 2.45) is 17.2 Å². The fourth-order valence-electron chi connectivity index (χ4n) is 8.89. The number of hydrogen-bond acceptors (Lipinski definition) is 34. The number of hydrogen-bond donors (Lipinski definition) is 21. The van der Waals surface area contributed by atoms with Gasteiger partial charge in [-0.05, 0) is 69.4 Å². The number of phosphoric ester groups is 3. The van der Waals surface area contributed by atoms with E-state index in [2.05, 4.69) is 62.3 Å². The minimum atomic E-state index is -5.80. The number of aromatic nitrogens is 7. The summed E-state index contributed by atoms with van der Waals surface area (Å²) in [5, 5.41) is 41.4. The van der Waals surface area contributed by atoms with Crippen LogP contribution in [0.4, 0.5) is 0 Å². The van der Waals surface area contributed by atoms with E-state index >= 15 is 0 Å². The van der Waals surface area contributed by atoms with Gasteiger partial charge in [0.05, 0.1) is 18.3 Å². The van der Waals surface area contributed by atoms with Crippen LogP contribution in [0.15, 0.2) is 47.1 Å². The maximum atomic E-state index is 12.4. The molecule has 0 bridgehead atoms. The Morgan fingerprint density at radius 3 is 0.960 bits per heavy atom. The number of nitrogens with one attached hydrogen (secondary N) is 3. The highest BCUT2D eigenvalue weighted by molar-refractivity contribution is 7.67. The maximum absolute atomic E-state index is 12.4. The Morgan fingerprint density at radius 1 is 0.455 bits per heavy atom. The van der Waals surface area contributed by atoms with Crippen molar-refractivity contribution in [2.45, 2.75) is 125 Å². The first-order valence-corrected chi connectivity index (χ1v) is 40.3. The molecule has 6 rings (SSSR count). The second kappa shape index (κ2) is 33.3. The van der Waals surface area contributed by atoms with Gasteiger partial charge in [0.1, 0.15) is 42.8 Å². The Bertz CT molecular complexity index is 4470. The van der Waals surface area contributed by atoms with Crippen molar-refractivity contribution in [3.63, 3.8) is 0 Å². The summed E-state index contributed by atoms with van der Waals surface area (Å²) in [6.07, 6.45) is -20.2. The van der Waals surface area contributed by atoms with Gasteiger partial charge in [-0.25, -0.2) is 55.5 Å². The number of ether oxygens (including phenoxy) is 3. The molecule has 6 heterocycles. The number of aliphatic hydroxyl groups is 3. The van der Waals surface area contributed by atoms with E-state index in [4.69, 9.17) is 95.6 Å². The molecule has 3 aliphatic rings. The molecule has 3 fully saturated rings. The van der Waals surface area contributed by atoms with Crippen LogP contribution in [-0.2, 0) is 94.7 Å². The minimum absolute atomic E-state index is 0.0262. The lowest BCUT2D eigenvalue weighted by Crippen LogP contribution is -2.56. The first kappa shape index (κ1) is 89.8. The summed E-state index contributed by atoms with van der Waals surface area (Å²) in [4.78, 5) is 185. The molecule has 0 aromatic carbocycles. The van der Waals surface area contributed by atoms with E-state index in [0.29, 0.717) is 10.9 Å². The van der Waals surface area contributed by atoms with Crippen molar-refractivity contribution < 1.29 is 169 Å². The van der Waals surface area contributed by atoms with E-state index in [-0.39, 0.29) is 11.4 Å². The lowest BCUT2D eigenvalue weighted by Gasteiger charge is -2.29. The van der Waals surface area contributed by atoms with E-state index < -0.39 is 194 Å². The summed E-state index contributed by atoms with van der Waals surface area (Å²) in [7, 11) is -51.1. The van der Waals surface area contributed by atoms with Crippen LogP contribution >= 0.6 is 105 Å². The summed E-state index contributed by atoms with van der Waals surface area (Å²) in [6, 6.07) is 2.02. The van der Waals surface area contributed by atoms with Gasteiger partial charge in [-0.1, -0.05) is 17.8 Å². The monoisotopic (exact) mass is 1690 g/mol. The second-order valence-electron chi connectivity index (χ2n) is 20.1. The Balaban J connectivity index is 0.000000321. The Labute approximate surface area is 573 Å². The van der Waals surface area contributed by atoms with Crippen LogP contribution in [0.5, 0.6) is 0 Å². The Hall–Kier alpha value is -3.61. The fourth-order valence-corrected chi connectivity index (χ4v) is 19.0. The molecule has 0 aliphatic carbocycles. The maximum Gasteiger partial charge on any atom is 0.490 e. The molecule has 3 aliphatic heterocycles. The molecule has 570 valence electrons. The van der Waals surface area contributed by atoms with Crippen LogP contribution in [0.25, 0.3) is 0 Å². The van der Waals surface area contributed by atoms with Crippen molar-refractivity contribution in [1.29, 1.82) is 0 Å². The molecule has 3 saturated heterocycles. The van der Waals surface area contributed by atoms with E-state index in [9.17, 15) is 115 Å². The highest BCUT2D eigenvalue weighted by Crippen LogP contribution is 2.69. The molecule has 0 spiro atoms. The molecule has 64 heteroatoms. The van der Waals surface area contributed by atoms with Crippen molar-refractivity contribution in [3.05, 3.63) is 92.2 Å². The Kier molecular flexibility index (Phi) is 29.6. The molecule has 0 amide bonds. The predicted octanol–water partition coefficient (Wildman–Crippen LogP) is -4.72. The normalized spacial score (nSPS) is 29.7. The number of aryl methyl sites for hydroxylation is 2. The van der Waals surface area contributed by atoms with Gasteiger partial charge in [-0.2, -0.15) is 35.6 Å². The Morgan fingerprint density at radius 2 is 0.713 bits per heavy atom. The average molecular weight is 1700 g/mol. The highest BCUT2D eigenvalue weighted by Gasteiger charge is 2.61. The number of phosphoric acid groups is 9. The fraction of sp³-hybridized carbons (Fsp3) is 0.541. The first-order valence-electron chi connectivity index (χ1n) is 25.6. The van der Waals surface area contributed by atoms with Gasteiger partial charge in [0, 0.05) is 39.7 Å². The summed E-state index contributed by atoms with van der Waals surface area (Å²) in [5.41, 5.74) is 6.34. The SMILES string of the molecule is C[C@@H](OP(=O)(O)OP(=O)(O)OP(=O)(O)O)[C@H]1O[C@@H](n2ncc(=O)[nH]c2=O)C(N)(C#CCl)[C@H]1O.Cc1cc(=O)[nH]c(=O)n1[C@@H]1O[C@H]([C@@H](C)OP(=O)(O)OP(=O)(O)OP(=O)(O)O)[C@H](O)C1(N)C#CCl.Cc1cc(=O)[nH]c(=O)n1[C@@H]1O[C@H]([C@H](C)OP(=O)(O)OP(=O)(O)OP(=O)(O)O)[C@H](O)C1(N)C#CCl. The van der Waals surface area contributed by atoms with Crippen molar-refractivity contribution >= 4 is 105 Å². The largest absolute Gasteiger partial charge is 0.490 e. The molecular weight excluding hydrogens is 1640 g/mol. The van der Waals surface area contributed by atoms with E-state index in [1.54, 1.807) is 0 Å². The van der Waals surface area contributed by atoms with Crippen LogP contribution in [0.3, 0.4) is 0 Å². The minimum Gasteiger partial charge on any atom is -0.387 e. The number of halogens is 3. The van der Waals surface area contributed by atoms with Crippen LogP contribution in [0.2, 0.25) is 0 Å². The van der Waals surface area contributed by atoms with Crippen LogP contribution in [0.1, 0.15) is 50.8 Å². The van der Waals surface area contributed by atoms with E-state index in [0.717, 1.165) is 42.0 Å². The van der Waals surface area contributed by atoms with E-state index in [1.807, 2.05) is 31.1 Å². The topological polar surface area (TPSA) is 823 Å². The number of aliphatic hydroxyl groups excluding tert-OH is 3. The van der Waals surface area contributed by atoms with Gasteiger partial charge in [0.2, 0.25) is 0 Å². The first-order chi connectivity index (χ1) is 45.5. The smallest absolute Gasteiger partial charge is 0.387 e. The third-order valence-corrected chi connectivity index (χ3v) is 24.6. The third kappa shape index (κ3) is 24.2. The number of rotatable bonds is 24. The van der Waals surface area contributed by atoms with Crippen molar-refractivity contribution in [3.8, 4) is 33.9 Å². The molecule has 9 unspecified atom stereocenters. The summed E-state index contributed by atoms with van der Waals surface area (Å²) >= 11 is 16.2. The molecular formula is C37H54Cl3N10O42P9. The van der Waals surface area contributed by atoms with Crippen LogP contribution in [-0.4, -0.2) is 179 Å². The van der Waals surface area contributed by atoms with E-state index in [1.165, 1.54) is 13.8 Å². The molecule has 3 aromatic rings. The zero-order chi connectivity index (χ0) is 78.0. The number of nitrogens with two attached hydrogens (primary N) is 3. The molecule has 24 N–H and O–H groups in total. The highest BCUT2D eigenvalue weighted by atomic mass is 35.5. The van der Waals surface area contributed by atoms with Gasteiger partial charge in [-0.3, -0.25) is 52.0 Å². The molecule has 0 radical (unpaired) electrons. The van der Waals surface area contributed by atoms with Gasteiger partial charge >= 0.3 is 87.5 Å². The molecule has 0 saturated carbocycles. The van der Waals surface area contributed by atoms with Crippen LogP contribution in [0, 0.1) is 47.7 Å². The molecule has 3 aromatic heterocycles. The third-order valence-electron chi connectivity index (χ3n) is 12.6. The van der Waals surface area contributed by atoms with Crippen molar-refractivity contribution in [1.82, 2.24) is 33.9 Å². The lowest BCUT2D eigenvalue weighted by atomic mass is 9.90. The standard InChI is InChI=1S/2C13H19ClN3O14P3.C11H16ClN4O14P3/c2*1-6-5-8(18)16-12(20)17(6)11-13(15,3-4-14)10(19)9(28-11)7(2)29-33(24,25)31-34(26,27)30-32(21,22)23;1-5(28-32(23,24)30-33(25,26)29-31(20,21)22)7-8(18)11(13,2-3-12)9(27-7)16-10(19)15-6(17)4-14-16/h2*5,7,9-11,19H,15H2,1-2H3,(H,24,25)(H,26,27)(H,16,18,20)(H2,21,22,23);4-5,7-9,18H,13H2,1H3,(H,23,24)(H,25,26)(H,15,17,19)(H2,20,21,22)/t7-,9+,10-,11+,13?;7-,9-,10+,11-,13?;5-,7-,8+,9-,11?/m011/s1. The van der Waals surface area contributed by atoms with Gasteiger partial charge in [-0.15, -0.1) is 0 Å². The van der Waals surface area contributed by atoms with Crippen molar-refractivity contribution in [2.75, 3.05) is 0 Å². The lowest BCUT2D eigenvalue weighted by molar-refractivity contribution is -0.0794.